The number of aromatic nitrogens is 8. The van der Waals surface area contributed by atoms with E-state index < -0.39 is 29.7 Å². The van der Waals surface area contributed by atoms with Crippen LogP contribution in [0.3, 0.4) is 0 Å². The summed E-state index contributed by atoms with van der Waals surface area (Å²) in [4.78, 5) is 52.3. The number of nitrogens with zero attached hydrogens (tertiary/aromatic N) is 13. The fraction of sp³-hybridized carbons (Fsp3) is 0.211. The predicted molar refractivity (Wildman–Crippen MR) is 325 cm³/mol. The summed E-state index contributed by atoms with van der Waals surface area (Å²) < 4.78 is 75.7. The van der Waals surface area contributed by atoms with Crippen molar-refractivity contribution in [3.63, 3.8) is 0 Å². The van der Waals surface area contributed by atoms with E-state index in [1.807, 2.05) is 19.1 Å². The number of ether oxygens (including phenoxy) is 3. The van der Waals surface area contributed by atoms with Crippen LogP contribution >= 0.6 is 54.5 Å². The summed E-state index contributed by atoms with van der Waals surface area (Å²) in [5, 5.41) is 31.9. The Hall–Kier alpha value is -9.75. The molecule has 7 N–H and O–H groups in total. The van der Waals surface area contributed by atoms with Crippen molar-refractivity contribution in [1.29, 1.82) is 10.5 Å². The first-order valence-corrected chi connectivity index (χ1v) is 28.3. The SMILES string of the molecule is C[C@@H](Oc1cc(Br)cnc1N)c1cc(F)ccc1I.C[C@@H](Oc1nc(Br)cnc1N)c1cc(F)ccc1C(=O)N(C)Cc1cc(C#N)no1.C[C@H]1Oc2nc(cnc2N)-c2c(C#N)noc2CN(C)C(=O)c2ccc(F)cc21.[C-]#[N+]c1cc(CNC)on1. The molecule has 2 amide bonds. The molecule has 0 aliphatic carbocycles. The maximum atomic E-state index is 13.9. The summed E-state index contributed by atoms with van der Waals surface area (Å²) in [6.07, 6.45) is 2.56. The minimum Gasteiger partial charge on any atom is -0.482 e. The second-order valence-corrected chi connectivity index (χ2v) is 21.5. The molecule has 10 rings (SSSR count). The molecular formula is C57H49Br2F3IN17O8. The summed E-state index contributed by atoms with van der Waals surface area (Å²) in [5.41, 5.74) is 20.0. The van der Waals surface area contributed by atoms with Gasteiger partial charge in [0.1, 0.15) is 52.5 Å². The second-order valence-electron chi connectivity index (χ2n) is 18.6. The number of halogens is 6. The zero-order valence-electron chi connectivity index (χ0n) is 47.1. The molecule has 6 aromatic heterocycles. The molecular weight excluding hydrogens is 1390 g/mol. The number of nitrogens with two attached hydrogens (primary N) is 3. The molecule has 0 unspecified atom stereocenters. The molecule has 0 radical (unpaired) electrons. The van der Waals surface area contributed by atoms with Gasteiger partial charge in [0.15, 0.2) is 51.9 Å². The quantitative estimate of drug-likeness (QED) is 0.0690. The van der Waals surface area contributed by atoms with E-state index in [4.69, 9.17) is 56.8 Å². The van der Waals surface area contributed by atoms with Gasteiger partial charge in [0.25, 0.3) is 23.6 Å². The van der Waals surface area contributed by atoms with Crippen molar-refractivity contribution in [3.05, 3.63) is 189 Å². The van der Waals surface area contributed by atoms with Crippen LogP contribution in [-0.2, 0) is 19.6 Å². The summed E-state index contributed by atoms with van der Waals surface area (Å²) in [6.45, 7) is 12.4. The standard InChI is InChI=1S/C19H16BrFN6O3.C19H15FN6O3.C13H11BrFIN2O.C6H7N3O/c1-10(29-18-17(23)24-8-16(20)25-18)15-5-11(21)3-4-14(15)19(28)27(2)9-13-6-12(7-22)26-30-13;1-9-12-5-10(20)3-4-11(12)19(27)26(2)8-15-16(13(6-21)25-29-15)14-7-23-17(22)18(24-14)28-9;1-7(10-5-9(15)2-3-11(10)16)19-12-4-8(14)6-18-13(12)17;1-7-4-5-3-6(8-2)9-10-5/h3-6,8,10H,9H2,1-2H3,(H2,23,24);3-5,7,9H,8H2,1-2H3,(H2,22,23);2-7H,1H3,(H2,17,18);3,7H,4H2,1H3/t10-;9-;7-;/m111./s1. The normalized spacial score (nSPS) is 12.9. The number of nitrogen functional groups attached to an aromatic ring is 3. The van der Waals surface area contributed by atoms with E-state index >= 15 is 0 Å². The van der Waals surface area contributed by atoms with Crippen LogP contribution in [0.25, 0.3) is 16.1 Å². The van der Waals surface area contributed by atoms with Crippen LogP contribution in [0.4, 0.5) is 36.4 Å². The van der Waals surface area contributed by atoms with Crippen LogP contribution in [0.5, 0.6) is 17.5 Å². The van der Waals surface area contributed by atoms with E-state index in [2.05, 4.69) is 105 Å². The molecule has 9 aromatic rings. The number of carbonyl (C=O) groups is 2. The molecule has 3 aromatic carbocycles. The number of rotatable bonds is 11. The number of carbonyl (C=O) groups excluding carboxylic acids is 2. The average Bonchev–Trinajstić information content (AvgIpc) is 3.39. The molecule has 0 fully saturated rings. The number of nitrogens with one attached hydrogen (secondary N) is 1. The van der Waals surface area contributed by atoms with Gasteiger partial charge in [-0.05, 0) is 143 Å². The van der Waals surface area contributed by atoms with Gasteiger partial charge in [0.05, 0.1) is 48.4 Å². The van der Waals surface area contributed by atoms with E-state index in [0.717, 1.165) is 13.6 Å². The molecule has 1 aliphatic rings. The summed E-state index contributed by atoms with van der Waals surface area (Å²) in [5.74, 6) is 0.387. The molecule has 25 nitrogen and oxygen atoms in total. The van der Waals surface area contributed by atoms with E-state index in [0.29, 0.717) is 56.7 Å². The predicted octanol–water partition coefficient (Wildman–Crippen LogP) is 10.9. The first-order chi connectivity index (χ1) is 42.0. The van der Waals surface area contributed by atoms with Gasteiger partial charge < -0.3 is 60.4 Å². The molecule has 0 spiro atoms. The number of fused-ring (bicyclic) bond motifs is 5. The number of nitriles is 2. The Balaban J connectivity index is 0.000000178. The Kier molecular flexibility index (Phi) is 22.5. The molecule has 3 atom stereocenters. The molecule has 452 valence electrons. The minimum atomic E-state index is -0.755. The van der Waals surface area contributed by atoms with E-state index in [-0.39, 0.29) is 88.3 Å². The van der Waals surface area contributed by atoms with Gasteiger partial charge >= 0.3 is 5.82 Å². The van der Waals surface area contributed by atoms with Gasteiger partial charge in [-0.1, -0.05) is 16.9 Å². The van der Waals surface area contributed by atoms with Gasteiger partial charge in [-0.2, -0.15) is 10.5 Å². The topological polar surface area (TPSA) is 353 Å². The molecule has 0 saturated heterocycles. The smallest absolute Gasteiger partial charge is 0.319 e. The van der Waals surface area contributed by atoms with Gasteiger partial charge in [-0.3, -0.25) is 14.1 Å². The number of benzene rings is 3. The molecule has 31 heteroatoms. The Morgan fingerprint density at radius 3 is 2.23 bits per heavy atom. The van der Waals surface area contributed by atoms with Crippen molar-refractivity contribution in [1.82, 2.24) is 55.5 Å². The number of amides is 2. The van der Waals surface area contributed by atoms with E-state index in [1.54, 1.807) is 59.4 Å². The van der Waals surface area contributed by atoms with Crippen LogP contribution < -0.4 is 36.7 Å². The average molecular weight is 1440 g/mol. The van der Waals surface area contributed by atoms with Crippen molar-refractivity contribution in [2.75, 3.05) is 38.3 Å². The van der Waals surface area contributed by atoms with E-state index in [9.17, 15) is 28.0 Å². The third kappa shape index (κ3) is 16.8. The Morgan fingerprint density at radius 1 is 0.864 bits per heavy atom. The lowest BCUT2D eigenvalue weighted by Gasteiger charge is -2.22. The summed E-state index contributed by atoms with van der Waals surface area (Å²) in [7, 11) is 4.92. The van der Waals surface area contributed by atoms with Gasteiger partial charge in [0.2, 0.25) is 0 Å². The van der Waals surface area contributed by atoms with Crippen LogP contribution in [0.2, 0.25) is 0 Å². The minimum absolute atomic E-state index is 0.00144. The summed E-state index contributed by atoms with van der Waals surface area (Å²) >= 11 is 8.64. The highest BCUT2D eigenvalue weighted by Gasteiger charge is 2.29. The monoisotopic (exact) mass is 1440 g/mol. The largest absolute Gasteiger partial charge is 0.482 e. The lowest BCUT2D eigenvalue weighted by Crippen LogP contribution is -2.28. The third-order valence-electron chi connectivity index (χ3n) is 12.3. The Labute approximate surface area is 530 Å². The number of anilines is 3. The van der Waals surface area contributed by atoms with Gasteiger partial charge in [-0.15, -0.1) is 0 Å². The zero-order chi connectivity index (χ0) is 63.9. The van der Waals surface area contributed by atoms with Crippen molar-refractivity contribution < 1.29 is 50.5 Å². The first kappa shape index (κ1) is 65.8. The lowest BCUT2D eigenvalue weighted by molar-refractivity contribution is 0.0761. The van der Waals surface area contributed by atoms with E-state index in [1.165, 1.54) is 76.8 Å². The fourth-order valence-electron chi connectivity index (χ4n) is 8.06. The Bertz CT molecular complexity index is 4140. The fourth-order valence-corrected chi connectivity index (χ4v) is 9.41. The number of pyridine rings is 1. The lowest BCUT2D eigenvalue weighted by atomic mass is 10.0. The zero-order valence-corrected chi connectivity index (χ0v) is 52.4. The van der Waals surface area contributed by atoms with Crippen molar-refractivity contribution in [2.24, 2.45) is 0 Å². The van der Waals surface area contributed by atoms with Crippen LogP contribution in [-0.4, -0.2) is 83.1 Å². The number of hydrogen-bond acceptors (Lipinski definition) is 22. The van der Waals surface area contributed by atoms with Crippen molar-refractivity contribution in [3.8, 4) is 40.9 Å². The first-order valence-electron chi connectivity index (χ1n) is 25.6. The van der Waals surface area contributed by atoms with Crippen LogP contribution in [0.1, 0.15) is 105 Å². The molecule has 0 saturated carbocycles. The Morgan fingerprint density at radius 2 is 1.53 bits per heavy atom. The second kappa shape index (κ2) is 30.1. The van der Waals surface area contributed by atoms with Crippen LogP contribution in [0.15, 0.2) is 114 Å². The van der Waals surface area contributed by atoms with Crippen LogP contribution in [0, 0.1) is 50.3 Å². The van der Waals surface area contributed by atoms with Gasteiger partial charge in [0, 0.05) is 68.3 Å². The molecule has 88 heavy (non-hydrogen) atoms. The highest BCUT2D eigenvalue weighted by molar-refractivity contribution is 14.1. The van der Waals surface area contributed by atoms with Crippen molar-refractivity contribution in [2.45, 2.75) is 58.7 Å². The molecule has 1 aliphatic heterocycles. The molecule has 7 heterocycles. The highest BCUT2D eigenvalue weighted by Crippen LogP contribution is 2.35. The summed E-state index contributed by atoms with van der Waals surface area (Å²) in [6, 6.07) is 20.8. The molecule has 2 bridgehead atoms. The third-order valence-corrected chi connectivity index (χ3v) is 14.1. The van der Waals surface area contributed by atoms with Crippen molar-refractivity contribution >= 4 is 89.5 Å². The maximum absolute atomic E-state index is 13.9. The highest BCUT2D eigenvalue weighted by atomic mass is 127. The maximum Gasteiger partial charge on any atom is 0.319 e. The van der Waals surface area contributed by atoms with Gasteiger partial charge in [-0.25, -0.2) is 38.1 Å². The number of hydrogen-bond donors (Lipinski definition) is 4.